The average molecular weight is 532 g/mol. The van der Waals surface area contributed by atoms with Crippen LogP contribution in [0.3, 0.4) is 0 Å². The lowest BCUT2D eigenvalue weighted by Crippen LogP contribution is -2.42. The molecule has 0 aliphatic carbocycles. The number of carbonyl (C=O) groups is 1. The molecule has 2 aliphatic rings. The van der Waals surface area contributed by atoms with Crippen molar-refractivity contribution in [2.45, 2.75) is 58.8 Å². The first kappa shape index (κ1) is 27.6. The Balaban J connectivity index is 1.40. The third-order valence-electron chi connectivity index (χ3n) is 6.71. The van der Waals surface area contributed by atoms with Gasteiger partial charge >= 0.3 is 13.7 Å². The van der Waals surface area contributed by atoms with Crippen molar-refractivity contribution >= 4 is 19.0 Å². The summed E-state index contributed by atoms with van der Waals surface area (Å²) in [6.07, 6.45) is 2.93. The summed E-state index contributed by atoms with van der Waals surface area (Å²) in [4.78, 5) is 21.0. The van der Waals surface area contributed by atoms with Gasteiger partial charge in [0.1, 0.15) is 10.9 Å². The topological polar surface area (TPSA) is 90.4 Å². The third-order valence-corrected chi connectivity index (χ3v) is 8.61. The van der Waals surface area contributed by atoms with E-state index in [0.717, 1.165) is 31.6 Å². The standard InChI is InChI=1S/C27H38N3O6P/c1-27(2,3)36-26(31)30-12-10-20(11-13-30)19-35-24-15-28-23(14-25(24)37(32,33-4)34-5)18-29-16-21-8-6-7-9-22(21)17-29/h6-9,14-15,20H,10-13,16-19H2,1-5H3. The van der Waals surface area contributed by atoms with E-state index in [-0.39, 0.29) is 12.0 Å². The largest absolute Gasteiger partial charge is 0.491 e. The number of ether oxygens (including phenoxy) is 2. The van der Waals surface area contributed by atoms with Gasteiger partial charge in [-0.3, -0.25) is 14.4 Å². The summed E-state index contributed by atoms with van der Waals surface area (Å²) in [6, 6.07) is 10.2. The second-order valence-corrected chi connectivity index (χ2v) is 12.8. The number of rotatable bonds is 8. The van der Waals surface area contributed by atoms with Crippen molar-refractivity contribution in [1.29, 1.82) is 0 Å². The number of hydrogen-bond donors (Lipinski definition) is 0. The van der Waals surface area contributed by atoms with Crippen molar-refractivity contribution in [1.82, 2.24) is 14.8 Å². The Labute approximate surface area is 219 Å². The Hall–Kier alpha value is -2.45. The molecule has 1 saturated heterocycles. The molecule has 2 aliphatic heterocycles. The molecule has 0 unspecified atom stereocenters. The molecule has 1 aromatic heterocycles. The maximum absolute atomic E-state index is 13.4. The van der Waals surface area contributed by atoms with Gasteiger partial charge in [-0.15, -0.1) is 0 Å². The zero-order valence-electron chi connectivity index (χ0n) is 22.4. The molecule has 37 heavy (non-hydrogen) atoms. The fourth-order valence-corrected chi connectivity index (χ4v) is 5.96. The molecular formula is C27H38N3O6P. The highest BCUT2D eigenvalue weighted by atomic mass is 31.2. The molecule has 0 N–H and O–H groups in total. The predicted octanol–water partition coefficient (Wildman–Crippen LogP) is 4.73. The lowest BCUT2D eigenvalue weighted by atomic mass is 9.98. The molecule has 1 fully saturated rings. The minimum Gasteiger partial charge on any atom is -0.491 e. The summed E-state index contributed by atoms with van der Waals surface area (Å²) < 4.78 is 35.6. The summed E-state index contributed by atoms with van der Waals surface area (Å²) in [5.74, 6) is 0.647. The van der Waals surface area contributed by atoms with Crippen LogP contribution in [0.1, 0.15) is 50.4 Å². The van der Waals surface area contributed by atoms with Crippen molar-refractivity contribution in [3.63, 3.8) is 0 Å². The van der Waals surface area contributed by atoms with Crippen LogP contribution in [0.2, 0.25) is 0 Å². The van der Waals surface area contributed by atoms with Crippen LogP contribution < -0.4 is 10.0 Å². The first-order chi connectivity index (χ1) is 17.6. The van der Waals surface area contributed by atoms with Gasteiger partial charge in [0.15, 0.2) is 5.75 Å². The van der Waals surface area contributed by atoms with Gasteiger partial charge in [0.05, 0.1) is 18.5 Å². The fourth-order valence-electron chi connectivity index (χ4n) is 4.72. The van der Waals surface area contributed by atoms with Gasteiger partial charge in [-0.05, 0) is 56.7 Å². The number of nitrogens with zero attached hydrogens (tertiary/aromatic N) is 3. The molecule has 3 heterocycles. The number of pyridine rings is 1. The van der Waals surface area contributed by atoms with Crippen LogP contribution in [0.15, 0.2) is 36.5 Å². The van der Waals surface area contributed by atoms with E-state index in [2.05, 4.69) is 34.1 Å². The highest BCUT2D eigenvalue weighted by Crippen LogP contribution is 2.47. The summed E-state index contributed by atoms with van der Waals surface area (Å²) in [5.41, 5.74) is 2.90. The predicted molar refractivity (Wildman–Crippen MR) is 141 cm³/mol. The molecule has 0 atom stereocenters. The van der Waals surface area contributed by atoms with E-state index < -0.39 is 13.2 Å². The Morgan fingerprint density at radius 1 is 1.08 bits per heavy atom. The van der Waals surface area contributed by atoms with Crippen molar-refractivity contribution in [2.24, 2.45) is 5.92 Å². The van der Waals surface area contributed by atoms with E-state index in [0.29, 0.717) is 37.3 Å². The molecular weight excluding hydrogens is 493 g/mol. The lowest BCUT2D eigenvalue weighted by Gasteiger charge is -2.33. The fraction of sp³-hybridized carbons (Fsp3) is 0.556. The minimum atomic E-state index is -3.57. The van der Waals surface area contributed by atoms with Gasteiger partial charge in [0.2, 0.25) is 0 Å². The molecule has 0 bridgehead atoms. The Morgan fingerprint density at radius 2 is 1.70 bits per heavy atom. The molecule has 1 amide bonds. The number of carbonyl (C=O) groups excluding carboxylic acids is 1. The van der Waals surface area contributed by atoms with Crippen molar-refractivity contribution < 1.29 is 27.9 Å². The molecule has 202 valence electrons. The number of aromatic nitrogens is 1. The van der Waals surface area contributed by atoms with Crippen LogP contribution in [0.4, 0.5) is 4.79 Å². The molecule has 10 heteroatoms. The molecule has 0 spiro atoms. The number of amides is 1. The second-order valence-electron chi connectivity index (χ2n) is 10.6. The minimum absolute atomic E-state index is 0.249. The van der Waals surface area contributed by atoms with Crippen molar-refractivity contribution in [3.05, 3.63) is 53.3 Å². The number of piperidine rings is 1. The zero-order chi connectivity index (χ0) is 26.6. The summed E-state index contributed by atoms with van der Waals surface area (Å²) in [5, 5.41) is 0.380. The Kier molecular flexibility index (Phi) is 8.59. The Morgan fingerprint density at radius 3 is 2.27 bits per heavy atom. The van der Waals surface area contributed by atoms with E-state index in [9.17, 15) is 9.36 Å². The maximum Gasteiger partial charge on any atom is 0.410 e. The van der Waals surface area contributed by atoms with Crippen molar-refractivity contribution in [3.8, 4) is 5.75 Å². The second kappa shape index (κ2) is 11.5. The first-order valence-electron chi connectivity index (χ1n) is 12.7. The van der Waals surface area contributed by atoms with E-state index >= 15 is 0 Å². The van der Waals surface area contributed by atoms with Crippen molar-refractivity contribution in [2.75, 3.05) is 33.9 Å². The van der Waals surface area contributed by atoms with Gasteiger partial charge in [-0.2, -0.15) is 0 Å². The lowest BCUT2D eigenvalue weighted by molar-refractivity contribution is 0.0165. The number of likely N-dealkylation sites (tertiary alicyclic amines) is 1. The van der Waals surface area contributed by atoms with E-state index in [1.165, 1.54) is 25.3 Å². The number of fused-ring (bicyclic) bond motifs is 1. The van der Waals surface area contributed by atoms with Gasteiger partial charge in [-0.25, -0.2) is 4.79 Å². The summed E-state index contributed by atoms with van der Waals surface area (Å²) >= 11 is 0. The third kappa shape index (κ3) is 6.90. The normalized spacial score (nSPS) is 17.1. The van der Waals surface area contributed by atoms with Crippen LogP contribution in [-0.2, 0) is 38.0 Å². The number of hydrogen-bond acceptors (Lipinski definition) is 8. The first-order valence-corrected chi connectivity index (χ1v) is 14.3. The SMILES string of the molecule is COP(=O)(OC)c1cc(CN2Cc3ccccc3C2)ncc1OCC1CCN(C(=O)OC(C)(C)C)CC1. The smallest absolute Gasteiger partial charge is 0.410 e. The molecule has 1 aromatic carbocycles. The summed E-state index contributed by atoms with van der Waals surface area (Å²) in [7, 11) is -0.822. The molecule has 9 nitrogen and oxygen atoms in total. The van der Waals surface area contributed by atoms with Crippen LogP contribution >= 0.6 is 7.60 Å². The van der Waals surface area contributed by atoms with Crippen LogP contribution in [0.5, 0.6) is 5.75 Å². The zero-order valence-corrected chi connectivity index (χ0v) is 23.3. The highest BCUT2D eigenvalue weighted by Gasteiger charge is 2.32. The molecule has 2 aromatic rings. The molecule has 0 saturated carbocycles. The maximum atomic E-state index is 13.4. The average Bonchev–Trinajstić information content (AvgIpc) is 3.29. The molecule has 0 radical (unpaired) electrons. The summed E-state index contributed by atoms with van der Waals surface area (Å²) in [6.45, 7) is 9.55. The van der Waals surface area contributed by atoms with E-state index in [1.54, 1.807) is 17.2 Å². The van der Waals surface area contributed by atoms with Gasteiger partial charge < -0.3 is 23.4 Å². The van der Waals surface area contributed by atoms with Crippen LogP contribution in [0.25, 0.3) is 0 Å². The Bertz CT molecular complexity index is 1110. The van der Waals surface area contributed by atoms with Gasteiger partial charge in [-0.1, -0.05) is 24.3 Å². The molecule has 4 rings (SSSR count). The monoisotopic (exact) mass is 531 g/mol. The van der Waals surface area contributed by atoms with Crippen LogP contribution in [-0.4, -0.2) is 60.4 Å². The quantitative estimate of drug-likeness (QED) is 0.452. The highest BCUT2D eigenvalue weighted by molar-refractivity contribution is 7.62. The number of benzene rings is 1. The van der Waals surface area contributed by atoms with Gasteiger partial charge in [0.25, 0.3) is 0 Å². The van der Waals surface area contributed by atoms with Gasteiger partial charge in [0, 0.05) is 46.9 Å². The van der Waals surface area contributed by atoms with E-state index in [4.69, 9.17) is 18.5 Å². The van der Waals surface area contributed by atoms with Crippen LogP contribution in [0, 0.1) is 5.92 Å². The van der Waals surface area contributed by atoms with E-state index in [1.807, 2.05) is 20.8 Å².